The predicted molar refractivity (Wildman–Crippen MR) is 86.4 cm³/mol. The van der Waals surface area contributed by atoms with E-state index in [1.165, 1.54) is 24.3 Å². The first-order valence-electron chi connectivity index (χ1n) is 7.02. The Labute approximate surface area is 132 Å². The minimum Gasteiger partial charge on any atom is -0.508 e. The lowest BCUT2D eigenvalue weighted by Crippen LogP contribution is -1.92. The highest BCUT2D eigenvalue weighted by atomic mass is 16.3. The molecule has 0 unspecified atom stereocenters. The number of aromatic hydroxyl groups is 2. The van der Waals surface area contributed by atoms with Crippen LogP contribution >= 0.6 is 0 Å². The molecule has 1 heterocycles. The van der Waals surface area contributed by atoms with Crippen LogP contribution < -0.4 is 0 Å². The van der Waals surface area contributed by atoms with Gasteiger partial charge in [0.25, 0.3) is 5.91 Å². The molecule has 0 saturated heterocycles. The van der Waals surface area contributed by atoms with E-state index in [0.717, 1.165) is 16.6 Å². The maximum atomic E-state index is 12.0. The van der Waals surface area contributed by atoms with Gasteiger partial charge in [0, 0.05) is 10.9 Å². The van der Waals surface area contributed by atoms with Gasteiger partial charge < -0.3 is 15.2 Å². The molecule has 6 heteroatoms. The zero-order chi connectivity index (χ0) is 16.6. The summed E-state index contributed by atoms with van der Waals surface area (Å²) < 4.78 is 0. The topological polar surface area (TPSA) is 98.0 Å². The second kappa shape index (κ2) is 5.57. The van der Waals surface area contributed by atoms with Crippen LogP contribution in [-0.2, 0) is 0 Å². The molecule has 6 nitrogen and oxygen atoms in total. The number of rotatable bonds is 2. The van der Waals surface area contributed by atoms with Crippen molar-refractivity contribution in [3.8, 4) is 11.6 Å². The number of aromatic amines is 1. The van der Waals surface area contributed by atoms with Gasteiger partial charge in [-0.25, -0.2) is 0 Å². The number of H-pyrrole nitrogens is 1. The van der Waals surface area contributed by atoms with Gasteiger partial charge in [0.05, 0.1) is 5.52 Å². The Balaban J connectivity index is 1.99. The molecule has 3 aromatic rings. The molecule has 3 rings (SSSR count). The quantitative estimate of drug-likeness (QED) is 0.621. The number of hydrogen-bond acceptors (Lipinski definition) is 4. The van der Waals surface area contributed by atoms with E-state index in [2.05, 4.69) is 15.2 Å². The summed E-state index contributed by atoms with van der Waals surface area (Å²) in [7, 11) is 0. The van der Waals surface area contributed by atoms with Gasteiger partial charge in [-0.3, -0.25) is 4.79 Å². The van der Waals surface area contributed by atoms with Crippen LogP contribution in [0, 0.1) is 13.8 Å². The molecule has 0 saturated carbocycles. The second-order valence-electron chi connectivity index (χ2n) is 5.38. The van der Waals surface area contributed by atoms with Crippen LogP contribution in [0.25, 0.3) is 10.9 Å². The number of hydrogen-bond donors (Lipinski definition) is 3. The van der Waals surface area contributed by atoms with Crippen molar-refractivity contribution in [2.75, 3.05) is 0 Å². The fourth-order valence-electron chi connectivity index (χ4n) is 2.48. The molecule has 1 amide bonds. The van der Waals surface area contributed by atoms with Gasteiger partial charge in [-0.2, -0.15) is 0 Å². The number of amides is 1. The average molecular weight is 309 g/mol. The van der Waals surface area contributed by atoms with E-state index < -0.39 is 5.91 Å². The van der Waals surface area contributed by atoms with Crippen LogP contribution in [0.3, 0.4) is 0 Å². The number of phenolic OH excluding ortho intramolecular Hbond substituents is 1. The number of nitrogens with one attached hydrogen (secondary N) is 1. The van der Waals surface area contributed by atoms with E-state index in [1.807, 2.05) is 26.0 Å². The van der Waals surface area contributed by atoms with Crippen LogP contribution in [0.5, 0.6) is 11.6 Å². The van der Waals surface area contributed by atoms with Crippen molar-refractivity contribution in [2.45, 2.75) is 13.8 Å². The minimum absolute atomic E-state index is 0.0683. The number of aryl methyl sites for hydroxylation is 2. The molecule has 2 aromatic carbocycles. The molecule has 23 heavy (non-hydrogen) atoms. The van der Waals surface area contributed by atoms with E-state index in [-0.39, 0.29) is 17.3 Å². The number of aromatic nitrogens is 1. The van der Waals surface area contributed by atoms with Gasteiger partial charge >= 0.3 is 0 Å². The van der Waals surface area contributed by atoms with Crippen molar-refractivity contribution in [3.63, 3.8) is 0 Å². The largest absolute Gasteiger partial charge is 0.508 e. The lowest BCUT2D eigenvalue weighted by atomic mass is 10.1. The first kappa shape index (κ1) is 14.8. The molecule has 0 radical (unpaired) electrons. The predicted octanol–water partition coefficient (Wildman–Crippen LogP) is 4.12. The summed E-state index contributed by atoms with van der Waals surface area (Å²) >= 11 is 0. The van der Waals surface area contributed by atoms with E-state index in [0.29, 0.717) is 10.9 Å². The Morgan fingerprint density at radius 3 is 2.48 bits per heavy atom. The first-order valence-corrected chi connectivity index (χ1v) is 7.02. The van der Waals surface area contributed by atoms with Crippen molar-refractivity contribution < 1.29 is 15.0 Å². The highest BCUT2D eigenvalue weighted by Crippen LogP contribution is 2.37. The maximum absolute atomic E-state index is 12.0. The monoisotopic (exact) mass is 309 g/mol. The van der Waals surface area contributed by atoms with Gasteiger partial charge in [-0.1, -0.05) is 11.6 Å². The Hall–Kier alpha value is -3.15. The number of azo groups is 1. The van der Waals surface area contributed by atoms with Crippen molar-refractivity contribution in [1.29, 1.82) is 0 Å². The summed E-state index contributed by atoms with van der Waals surface area (Å²) in [4.78, 5) is 14.8. The zero-order valence-electron chi connectivity index (χ0n) is 12.7. The number of carbonyl (C=O) groups excluding carboxylic acids is 1. The summed E-state index contributed by atoms with van der Waals surface area (Å²) in [6.07, 6.45) is 0. The van der Waals surface area contributed by atoms with Crippen LogP contribution in [0.4, 0.5) is 5.69 Å². The van der Waals surface area contributed by atoms with E-state index in [4.69, 9.17) is 0 Å². The third-order valence-corrected chi connectivity index (χ3v) is 3.56. The molecule has 116 valence electrons. The molecule has 0 bridgehead atoms. The number of nitrogens with zero attached hydrogens (tertiary/aromatic N) is 2. The molecule has 0 aliphatic carbocycles. The summed E-state index contributed by atoms with van der Waals surface area (Å²) in [5, 5.41) is 27.5. The van der Waals surface area contributed by atoms with Gasteiger partial charge in [0.1, 0.15) is 5.75 Å². The molecule has 0 atom stereocenters. The van der Waals surface area contributed by atoms with Gasteiger partial charge in [0.15, 0.2) is 5.69 Å². The summed E-state index contributed by atoms with van der Waals surface area (Å²) in [6.45, 7) is 3.87. The smallest absolute Gasteiger partial charge is 0.295 e. The molecule has 0 fully saturated rings. The maximum Gasteiger partial charge on any atom is 0.295 e. The zero-order valence-corrected chi connectivity index (χ0v) is 12.7. The van der Waals surface area contributed by atoms with Crippen molar-refractivity contribution in [2.24, 2.45) is 10.2 Å². The number of phenols is 1. The van der Waals surface area contributed by atoms with E-state index in [9.17, 15) is 15.0 Å². The third kappa shape index (κ3) is 2.78. The molecular formula is C17H15N3O3. The lowest BCUT2D eigenvalue weighted by molar-refractivity contribution is 0.0995. The van der Waals surface area contributed by atoms with Gasteiger partial charge in [-0.05, 0) is 49.7 Å². The molecule has 0 aliphatic heterocycles. The number of carbonyl (C=O) groups is 1. The first-order chi connectivity index (χ1) is 11.0. The highest BCUT2D eigenvalue weighted by molar-refractivity contribution is 5.98. The Morgan fingerprint density at radius 2 is 1.78 bits per heavy atom. The van der Waals surface area contributed by atoms with Crippen molar-refractivity contribution in [3.05, 3.63) is 53.1 Å². The highest BCUT2D eigenvalue weighted by Gasteiger charge is 2.13. The normalized spacial score (nSPS) is 11.4. The molecule has 3 N–H and O–H groups in total. The Bertz CT molecular complexity index is 924. The second-order valence-corrected chi connectivity index (χ2v) is 5.38. The molecular weight excluding hydrogens is 294 g/mol. The van der Waals surface area contributed by atoms with Crippen LogP contribution in [0.2, 0.25) is 0 Å². The summed E-state index contributed by atoms with van der Waals surface area (Å²) in [5.74, 6) is -0.613. The van der Waals surface area contributed by atoms with Crippen molar-refractivity contribution in [1.82, 2.24) is 4.98 Å². The van der Waals surface area contributed by atoms with E-state index in [1.54, 1.807) is 0 Å². The van der Waals surface area contributed by atoms with Crippen LogP contribution in [0.15, 0.2) is 46.6 Å². The molecule has 0 spiro atoms. The molecule has 0 aliphatic rings. The summed E-state index contributed by atoms with van der Waals surface area (Å²) in [5.41, 5.74) is 3.30. The Morgan fingerprint density at radius 1 is 1.09 bits per heavy atom. The number of fused-ring (bicyclic) bond motifs is 1. The standard InChI is InChI=1S/C17H15N3O3/c1-9-7-10(2)14-13(8-9)15(17(23)18-14)19-20-16(22)11-3-5-12(21)6-4-11/h3-8,18,21,23H,1-2H3. The average Bonchev–Trinajstić information content (AvgIpc) is 2.82. The lowest BCUT2D eigenvalue weighted by Gasteiger charge is -1.99. The fourth-order valence-corrected chi connectivity index (χ4v) is 2.48. The van der Waals surface area contributed by atoms with E-state index >= 15 is 0 Å². The molecule has 1 aromatic heterocycles. The summed E-state index contributed by atoms with van der Waals surface area (Å²) in [6, 6.07) is 9.58. The fraction of sp³-hybridized carbons (Fsp3) is 0.118. The van der Waals surface area contributed by atoms with Gasteiger partial charge in [0.2, 0.25) is 5.88 Å². The van der Waals surface area contributed by atoms with Crippen LogP contribution in [0.1, 0.15) is 21.5 Å². The van der Waals surface area contributed by atoms with Crippen LogP contribution in [-0.4, -0.2) is 21.1 Å². The number of benzene rings is 2. The minimum atomic E-state index is -0.553. The third-order valence-electron chi connectivity index (χ3n) is 3.56. The SMILES string of the molecule is Cc1cc(C)c2[nH]c(O)c(N=NC(=O)c3ccc(O)cc3)c2c1. The van der Waals surface area contributed by atoms with Crippen molar-refractivity contribution >= 4 is 22.5 Å². The Kier molecular flexibility index (Phi) is 3.57. The van der Waals surface area contributed by atoms with Gasteiger partial charge in [-0.15, -0.1) is 10.2 Å².